The molecule has 7 heteroatoms. The van der Waals surface area contributed by atoms with Gasteiger partial charge in [-0.3, -0.25) is 4.79 Å². The van der Waals surface area contributed by atoms with Crippen molar-refractivity contribution in [1.82, 2.24) is 19.7 Å². The van der Waals surface area contributed by atoms with E-state index in [1.165, 1.54) is 6.20 Å². The van der Waals surface area contributed by atoms with Crippen LogP contribution in [0.25, 0.3) is 11.0 Å². The van der Waals surface area contributed by atoms with E-state index in [1.807, 2.05) is 5.38 Å². The van der Waals surface area contributed by atoms with Gasteiger partial charge in [-0.1, -0.05) is 0 Å². The minimum Gasteiger partial charge on any atom is -0.366 e. The van der Waals surface area contributed by atoms with Crippen LogP contribution in [0.4, 0.5) is 0 Å². The fourth-order valence-corrected chi connectivity index (χ4v) is 2.28. The van der Waals surface area contributed by atoms with E-state index in [4.69, 9.17) is 5.73 Å². The van der Waals surface area contributed by atoms with Gasteiger partial charge >= 0.3 is 0 Å². The lowest BCUT2D eigenvalue weighted by Crippen LogP contribution is -2.11. The summed E-state index contributed by atoms with van der Waals surface area (Å²) in [6.45, 7) is 0.573. The van der Waals surface area contributed by atoms with Crippen molar-refractivity contribution in [3.05, 3.63) is 40.6 Å². The van der Waals surface area contributed by atoms with Gasteiger partial charge in [0.2, 0.25) is 5.91 Å². The first-order chi connectivity index (χ1) is 8.74. The molecule has 0 saturated heterocycles. The maximum atomic E-state index is 11.1. The average molecular weight is 259 g/mol. The monoisotopic (exact) mass is 259 g/mol. The van der Waals surface area contributed by atoms with Crippen LogP contribution in [-0.4, -0.2) is 25.7 Å². The van der Waals surface area contributed by atoms with Crippen molar-refractivity contribution in [3.63, 3.8) is 0 Å². The van der Waals surface area contributed by atoms with Gasteiger partial charge in [0.1, 0.15) is 5.01 Å². The predicted octanol–water partition coefficient (Wildman–Crippen LogP) is 1.03. The Bertz CT molecular complexity index is 703. The number of primary amides is 1. The second-order valence-corrected chi connectivity index (χ2v) is 4.71. The number of hydrogen-bond acceptors (Lipinski definition) is 5. The van der Waals surface area contributed by atoms with Crippen LogP contribution < -0.4 is 5.73 Å². The highest BCUT2D eigenvalue weighted by atomic mass is 32.1. The van der Waals surface area contributed by atoms with E-state index < -0.39 is 5.91 Å². The maximum Gasteiger partial charge on any atom is 0.250 e. The van der Waals surface area contributed by atoms with Crippen LogP contribution in [0, 0.1) is 0 Å². The Kier molecular flexibility index (Phi) is 2.52. The summed E-state index contributed by atoms with van der Waals surface area (Å²) in [6.07, 6.45) is 4.89. The number of fused-ring (bicyclic) bond motifs is 1. The quantitative estimate of drug-likeness (QED) is 0.761. The number of hydrogen-bond donors (Lipinski definition) is 1. The summed E-state index contributed by atoms with van der Waals surface area (Å²) in [5.41, 5.74) is 6.31. The normalized spacial score (nSPS) is 10.9. The third-order valence-corrected chi connectivity index (χ3v) is 3.29. The third kappa shape index (κ3) is 1.84. The van der Waals surface area contributed by atoms with E-state index in [9.17, 15) is 4.79 Å². The Morgan fingerprint density at radius 3 is 3.00 bits per heavy atom. The number of carbonyl (C=O) groups is 1. The molecule has 0 bridgehead atoms. The number of nitrogens with two attached hydrogens (primary N) is 1. The van der Waals surface area contributed by atoms with E-state index in [0.717, 1.165) is 16.0 Å². The summed E-state index contributed by atoms with van der Waals surface area (Å²) in [5.74, 6) is -0.489. The molecule has 3 aromatic rings. The average Bonchev–Trinajstić information content (AvgIpc) is 2.99. The molecule has 0 aliphatic heterocycles. The van der Waals surface area contributed by atoms with Crippen molar-refractivity contribution in [2.75, 3.05) is 0 Å². The van der Waals surface area contributed by atoms with Crippen molar-refractivity contribution < 1.29 is 4.79 Å². The molecule has 0 fully saturated rings. The van der Waals surface area contributed by atoms with Crippen molar-refractivity contribution >= 4 is 28.3 Å². The molecule has 3 heterocycles. The standard InChI is InChI=1S/C11H9N5OS/c12-10(17)7-3-8-5-15-16(11(8)14-4-7)6-9-13-1-2-18-9/h1-5H,6H2,(H2,12,17). The number of amides is 1. The van der Waals surface area contributed by atoms with Crippen LogP contribution in [0.5, 0.6) is 0 Å². The third-order valence-electron chi connectivity index (χ3n) is 2.53. The van der Waals surface area contributed by atoms with Gasteiger partial charge in [-0.15, -0.1) is 11.3 Å². The number of aromatic nitrogens is 4. The number of carbonyl (C=O) groups excluding carboxylic acids is 1. The van der Waals surface area contributed by atoms with Gasteiger partial charge in [-0.25, -0.2) is 14.6 Å². The summed E-state index contributed by atoms with van der Waals surface area (Å²) < 4.78 is 1.75. The number of nitrogens with zero attached hydrogens (tertiary/aromatic N) is 4. The first kappa shape index (κ1) is 10.8. The fourth-order valence-electron chi connectivity index (χ4n) is 1.68. The van der Waals surface area contributed by atoms with Crippen LogP contribution in [0.15, 0.2) is 30.0 Å². The summed E-state index contributed by atoms with van der Waals surface area (Å²) >= 11 is 1.56. The Morgan fingerprint density at radius 1 is 1.39 bits per heavy atom. The molecule has 0 saturated carbocycles. The lowest BCUT2D eigenvalue weighted by molar-refractivity contribution is 0.1000. The molecule has 0 unspecified atom stereocenters. The molecule has 0 spiro atoms. The number of pyridine rings is 1. The molecular formula is C11H9N5OS. The largest absolute Gasteiger partial charge is 0.366 e. The molecule has 6 nitrogen and oxygen atoms in total. The van der Waals surface area contributed by atoms with Gasteiger partial charge in [0.15, 0.2) is 5.65 Å². The highest BCUT2D eigenvalue weighted by Gasteiger charge is 2.08. The zero-order valence-electron chi connectivity index (χ0n) is 9.28. The highest BCUT2D eigenvalue weighted by Crippen LogP contribution is 2.15. The van der Waals surface area contributed by atoms with Gasteiger partial charge in [-0.05, 0) is 6.07 Å². The topological polar surface area (TPSA) is 86.7 Å². The minimum atomic E-state index is -0.489. The summed E-state index contributed by atoms with van der Waals surface area (Å²) in [7, 11) is 0. The molecule has 3 rings (SSSR count). The van der Waals surface area contributed by atoms with Gasteiger partial charge in [-0.2, -0.15) is 5.10 Å². The smallest absolute Gasteiger partial charge is 0.250 e. The molecule has 3 aromatic heterocycles. The van der Waals surface area contributed by atoms with Gasteiger partial charge in [0.25, 0.3) is 0 Å². The highest BCUT2D eigenvalue weighted by molar-refractivity contribution is 7.09. The lowest BCUT2D eigenvalue weighted by atomic mass is 10.2. The molecular weight excluding hydrogens is 250 g/mol. The van der Waals surface area contributed by atoms with Crippen LogP contribution in [0.1, 0.15) is 15.4 Å². The van der Waals surface area contributed by atoms with Crippen molar-refractivity contribution in [2.45, 2.75) is 6.54 Å². The maximum absolute atomic E-state index is 11.1. The second kappa shape index (κ2) is 4.19. The molecule has 0 radical (unpaired) electrons. The first-order valence-electron chi connectivity index (χ1n) is 5.24. The number of thiazole rings is 1. The van der Waals surface area contributed by atoms with E-state index in [0.29, 0.717) is 12.1 Å². The molecule has 0 aromatic carbocycles. The van der Waals surface area contributed by atoms with E-state index in [2.05, 4.69) is 15.1 Å². The zero-order chi connectivity index (χ0) is 12.5. The van der Waals surface area contributed by atoms with E-state index in [-0.39, 0.29) is 0 Å². The van der Waals surface area contributed by atoms with Crippen LogP contribution in [0.2, 0.25) is 0 Å². The summed E-state index contributed by atoms with van der Waals surface area (Å²) in [5, 5.41) is 7.91. The molecule has 0 atom stereocenters. The van der Waals surface area contributed by atoms with Crippen LogP contribution >= 0.6 is 11.3 Å². The van der Waals surface area contributed by atoms with Crippen LogP contribution in [0.3, 0.4) is 0 Å². The fraction of sp³-hybridized carbons (Fsp3) is 0.0909. The second-order valence-electron chi connectivity index (χ2n) is 3.73. The van der Waals surface area contributed by atoms with Crippen molar-refractivity contribution in [2.24, 2.45) is 5.73 Å². The molecule has 18 heavy (non-hydrogen) atoms. The van der Waals surface area contributed by atoms with Crippen molar-refractivity contribution in [3.8, 4) is 0 Å². The molecule has 0 aliphatic rings. The van der Waals surface area contributed by atoms with Gasteiger partial charge in [0.05, 0.1) is 18.3 Å². The SMILES string of the molecule is NC(=O)c1cnc2c(cnn2Cc2nccs2)c1. The zero-order valence-corrected chi connectivity index (χ0v) is 10.1. The number of rotatable bonds is 3. The van der Waals surface area contributed by atoms with E-state index >= 15 is 0 Å². The Hall–Kier alpha value is -2.28. The molecule has 0 aliphatic carbocycles. The lowest BCUT2D eigenvalue weighted by Gasteiger charge is -2.00. The summed E-state index contributed by atoms with van der Waals surface area (Å²) in [6, 6.07) is 1.69. The molecule has 1 amide bonds. The Balaban J connectivity index is 2.02. The van der Waals surface area contributed by atoms with Crippen LogP contribution in [-0.2, 0) is 6.54 Å². The van der Waals surface area contributed by atoms with E-state index in [1.54, 1.807) is 34.5 Å². The molecule has 2 N–H and O–H groups in total. The first-order valence-corrected chi connectivity index (χ1v) is 6.12. The van der Waals surface area contributed by atoms with Crippen molar-refractivity contribution in [1.29, 1.82) is 0 Å². The van der Waals surface area contributed by atoms with Gasteiger partial charge in [0, 0.05) is 23.2 Å². The summed E-state index contributed by atoms with van der Waals surface area (Å²) in [4.78, 5) is 19.5. The van der Waals surface area contributed by atoms with Gasteiger partial charge < -0.3 is 5.73 Å². The Labute approximate surface area is 106 Å². The predicted molar refractivity (Wildman–Crippen MR) is 67.3 cm³/mol. The Morgan fingerprint density at radius 2 is 2.28 bits per heavy atom. The minimum absolute atomic E-state index is 0.385. The molecule has 90 valence electrons.